The third-order valence-corrected chi connectivity index (χ3v) is 4.13. The largest absolute Gasteiger partial charge is 0.392 e. The van der Waals surface area contributed by atoms with E-state index in [1.807, 2.05) is 18.2 Å². The van der Waals surface area contributed by atoms with Crippen LogP contribution in [0.2, 0.25) is 0 Å². The molecule has 1 fully saturated rings. The van der Waals surface area contributed by atoms with Gasteiger partial charge in [-0.15, -0.1) is 0 Å². The average molecular weight is 299 g/mol. The van der Waals surface area contributed by atoms with Gasteiger partial charge in [0.15, 0.2) is 0 Å². The maximum absolute atomic E-state index is 3.69. The Labute approximate surface area is 137 Å². The number of anilines is 1. The molecule has 1 aliphatic heterocycles. The van der Waals surface area contributed by atoms with Crippen LogP contribution in [-0.4, -0.2) is 6.98 Å². The molecule has 0 bridgehead atoms. The third kappa shape index (κ3) is 2.87. The summed E-state index contributed by atoms with van der Waals surface area (Å²) in [5, 5.41) is 3.69. The van der Waals surface area contributed by atoms with Crippen molar-refractivity contribution in [3.63, 3.8) is 0 Å². The van der Waals surface area contributed by atoms with Crippen molar-refractivity contribution in [3.8, 4) is 0 Å². The fourth-order valence-electron chi connectivity index (χ4n) is 2.99. The first-order chi connectivity index (χ1) is 11.4. The van der Waals surface area contributed by atoms with E-state index in [1.54, 1.807) is 0 Å². The molecule has 23 heavy (non-hydrogen) atoms. The number of hydrogen-bond acceptors (Lipinski definition) is 3. The minimum absolute atomic E-state index is 0.0848. The summed E-state index contributed by atoms with van der Waals surface area (Å²) in [4.78, 5) is 2.20. The summed E-state index contributed by atoms with van der Waals surface area (Å²) in [6, 6.07) is 31.4. The summed E-state index contributed by atoms with van der Waals surface area (Å²) in [6.07, 6.45) is 0.0848. The van der Waals surface area contributed by atoms with Crippen LogP contribution in [0.1, 0.15) is 11.7 Å². The zero-order chi connectivity index (χ0) is 15.5. The Morgan fingerprint density at radius 2 is 1.26 bits per heavy atom. The molecule has 1 unspecified atom stereocenters. The summed E-state index contributed by atoms with van der Waals surface area (Å²) < 4.78 is 0. The normalized spacial score (nSPS) is 17.5. The zero-order valence-electron chi connectivity index (χ0n) is 12.8. The lowest BCUT2D eigenvalue weighted by Crippen LogP contribution is -2.53. The molecule has 4 rings (SSSR count). The van der Waals surface area contributed by atoms with E-state index in [0.29, 0.717) is 0 Å². The zero-order valence-corrected chi connectivity index (χ0v) is 12.8. The Morgan fingerprint density at radius 3 is 1.91 bits per heavy atom. The van der Waals surface area contributed by atoms with E-state index in [9.17, 15) is 0 Å². The quantitative estimate of drug-likeness (QED) is 0.728. The Bertz CT molecular complexity index is 702. The topological polar surface area (TPSA) is 27.3 Å². The van der Waals surface area contributed by atoms with Crippen molar-refractivity contribution in [1.29, 1.82) is 0 Å². The number of benzene rings is 3. The number of nitrogens with one attached hydrogen (secondary N) is 2. The minimum atomic E-state index is 0.0848. The lowest BCUT2D eigenvalue weighted by molar-refractivity contribution is 0.586. The molecule has 0 radical (unpaired) electrons. The highest BCUT2D eigenvalue weighted by Crippen LogP contribution is 2.21. The molecule has 3 aromatic rings. The molecule has 1 saturated heterocycles. The highest BCUT2D eigenvalue weighted by molar-refractivity contribution is 6.75. The predicted molar refractivity (Wildman–Crippen MR) is 96.2 cm³/mol. The second kappa shape index (κ2) is 6.28. The second-order valence-corrected chi connectivity index (χ2v) is 5.66. The van der Waals surface area contributed by atoms with Gasteiger partial charge in [-0.2, -0.15) is 0 Å². The van der Waals surface area contributed by atoms with E-state index in [4.69, 9.17) is 0 Å². The molecule has 0 saturated carbocycles. The second-order valence-electron chi connectivity index (χ2n) is 5.66. The maximum Gasteiger partial charge on any atom is 0.392 e. The van der Waals surface area contributed by atoms with Crippen LogP contribution in [0.15, 0.2) is 91.0 Å². The Kier molecular flexibility index (Phi) is 3.84. The lowest BCUT2D eigenvalue weighted by Gasteiger charge is -2.23. The smallest absolute Gasteiger partial charge is 0.328 e. The average Bonchev–Trinajstić information content (AvgIpc) is 3.09. The molecule has 1 atom stereocenters. The minimum Gasteiger partial charge on any atom is -0.328 e. The molecule has 1 heterocycles. The van der Waals surface area contributed by atoms with Crippen LogP contribution >= 0.6 is 0 Å². The van der Waals surface area contributed by atoms with E-state index in [1.165, 1.54) is 11.0 Å². The fraction of sp³-hybridized carbons (Fsp3) is 0.0526. The molecular weight excluding hydrogens is 281 g/mol. The van der Waals surface area contributed by atoms with Crippen LogP contribution < -0.4 is 21.0 Å². The van der Waals surface area contributed by atoms with Crippen molar-refractivity contribution in [2.45, 2.75) is 6.17 Å². The van der Waals surface area contributed by atoms with E-state index in [-0.39, 0.29) is 13.1 Å². The first-order valence-corrected chi connectivity index (χ1v) is 7.88. The van der Waals surface area contributed by atoms with Crippen molar-refractivity contribution < 1.29 is 0 Å². The van der Waals surface area contributed by atoms with Crippen LogP contribution in [0.4, 0.5) is 5.69 Å². The van der Waals surface area contributed by atoms with Crippen LogP contribution in [0, 0.1) is 0 Å². The molecule has 3 nitrogen and oxygen atoms in total. The Balaban J connectivity index is 1.70. The first-order valence-electron chi connectivity index (χ1n) is 7.88. The standard InChI is InChI=1S/C19H18BN3/c1-4-10-16(11-5-1)19-21-20(17-12-6-2-7-13-17)23(22-19)18-14-8-3-9-15-18/h1-15,19,21-22H. The molecule has 0 aromatic heterocycles. The fourth-order valence-corrected chi connectivity index (χ4v) is 2.99. The van der Waals surface area contributed by atoms with Crippen molar-refractivity contribution >= 4 is 18.1 Å². The van der Waals surface area contributed by atoms with Gasteiger partial charge >= 0.3 is 6.98 Å². The van der Waals surface area contributed by atoms with Gasteiger partial charge < -0.3 is 10.1 Å². The van der Waals surface area contributed by atoms with Gasteiger partial charge in [0.1, 0.15) is 0 Å². The Hall–Kier alpha value is -2.56. The highest BCUT2D eigenvalue weighted by atomic mass is 15.6. The number of rotatable bonds is 3. The van der Waals surface area contributed by atoms with Crippen LogP contribution in [0.5, 0.6) is 0 Å². The third-order valence-electron chi connectivity index (χ3n) is 4.13. The summed E-state index contributed by atoms with van der Waals surface area (Å²) in [5.41, 5.74) is 7.21. The summed E-state index contributed by atoms with van der Waals surface area (Å²) in [5.74, 6) is 0. The first kappa shape index (κ1) is 14.1. The van der Waals surface area contributed by atoms with Crippen molar-refractivity contribution in [2.75, 3.05) is 4.92 Å². The van der Waals surface area contributed by atoms with Crippen molar-refractivity contribution in [1.82, 2.24) is 10.7 Å². The van der Waals surface area contributed by atoms with E-state index in [2.05, 4.69) is 88.4 Å². The molecule has 2 N–H and O–H groups in total. The highest BCUT2D eigenvalue weighted by Gasteiger charge is 2.37. The molecule has 1 aliphatic rings. The van der Waals surface area contributed by atoms with Gasteiger partial charge in [0.05, 0.1) is 6.17 Å². The SMILES string of the molecule is c1ccc(B2NC(c3ccccc3)NN2c2ccccc2)cc1. The van der Waals surface area contributed by atoms with E-state index < -0.39 is 0 Å². The van der Waals surface area contributed by atoms with Gasteiger partial charge in [0.25, 0.3) is 0 Å². The van der Waals surface area contributed by atoms with Crippen LogP contribution in [0.3, 0.4) is 0 Å². The van der Waals surface area contributed by atoms with Gasteiger partial charge in [-0.1, -0.05) is 78.9 Å². The van der Waals surface area contributed by atoms with Crippen molar-refractivity contribution in [2.24, 2.45) is 0 Å². The van der Waals surface area contributed by atoms with Gasteiger partial charge in [-0.25, -0.2) is 5.43 Å². The number of hydrazine groups is 1. The summed E-state index contributed by atoms with van der Waals surface area (Å²) >= 11 is 0. The van der Waals surface area contributed by atoms with E-state index in [0.717, 1.165) is 5.69 Å². The molecule has 112 valence electrons. The number of para-hydroxylation sites is 1. The molecule has 3 aromatic carbocycles. The molecule has 4 heteroatoms. The maximum atomic E-state index is 3.69. The van der Waals surface area contributed by atoms with Gasteiger partial charge in [-0.05, 0) is 23.2 Å². The number of nitrogens with zero attached hydrogens (tertiary/aromatic N) is 1. The van der Waals surface area contributed by atoms with Crippen LogP contribution in [-0.2, 0) is 0 Å². The van der Waals surface area contributed by atoms with Gasteiger partial charge in [0, 0.05) is 5.69 Å². The number of hydrogen-bond donors (Lipinski definition) is 2. The molecule has 0 aliphatic carbocycles. The molecule has 0 amide bonds. The van der Waals surface area contributed by atoms with Gasteiger partial charge in [0.2, 0.25) is 0 Å². The monoisotopic (exact) mass is 299 g/mol. The van der Waals surface area contributed by atoms with Crippen LogP contribution in [0.25, 0.3) is 0 Å². The predicted octanol–water partition coefficient (Wildman–Crippen LogP) is 2.70. The Morgan fingerprint density at radius 1 is 0.696 bits per heavy atom. The summed E-state index contributed by atoms with van der Waals surface area (Å²) in [6.45, 7) is 0.0869. The van der Waals surface area contributed by atoms with E-state index >= 15 is 0 Å². The van der Waals surface area contributed by atoms with Crippen molar-refractivity contribution in [3.05, 3.63) is 96.6 Å². The lowest BCUT2D eigenvalue weighted by atomic mass is 9.67. The van der Waals surface area contributed by atoms with Gasteiger partial charge in [-0.3, -0.25) is 0 Å². The molecular formula is C19H18BN3. The molecule has 0 spiro atoms. The summed E-state index contributed by atoms with van der Waals surface area (Å²) in [7, 11) is 0.